The van der Waals surface area contributed by atoms with E-state index in [-0.39, 0.29) is 12.2 Å². The highest BCUT2D eigenvalue weighted by Gasteiger charge is 2.35. The molecule has 0 radical (unpaired) electrons. The molecule has 1 saturated heterocycles. The highest BCUT2D eigenvalue weighted by molar-refractivity contribution is 7.07. The lowest BCUT2D eigenvalue weighted by atomic mass is 9.93. The monoisotopic (exact) mass is 579 g/mol. The molecule has 42 heavy (non-hydrogen) atoms. The molecular formula is C34H33N3O4S. The maximum Gasteiger partial charge on any atom is 0.338 e. The molecule has 2 aliphatic rings. The zero-order chi connectivity index (χ0) is 29.1. The third-order valence-corrected chi connectivity index (χ3v) is 8.53. The Bertz CT molecular complexity index is 1780. The SMILES string of the molecule is CCOC(=O)C1=C(c2ccccc2)N=c2s/c(=C\c3ccc(N4CCCC4)cc3)c(=O)n2[C@@H]1c1ccc(OCC)cc1. The first-order valence-electron chi connectivity index (χ1n) is 14.4. The summed E-state index contributed by atoms with van der Waals surface area (Å²) in [5.74, 6) is 0.224. The van der Waals surface area contributed by atoms with Gasteiger partial charge in [0.2, 0.25) is 0 Å². The third-order valence-electron chi connectivity index (χ3n) is 7.54. The standard InChI is InChI=1S/C34H33N3O4S/c1-3-40-27-18-14-25(15-19-27)31-29(33(39)41-4-2)30(24-10-6-5-7-11-24)35-34-37(31)32(38)28(42-34)22-23-12-16-26(17-13-23)36-20-8-9-21-36/h5-7,10-19,22,31H,3-4,8-9,20-21H2,1-2H3/b28-22-/t31-/m1/s1. The summed E-state index contributed by atoms with van der Waals surface area (Å²) in [6, 6.07) is 24.7. The average molecular weight is 580 g/mol. The average Bonchev–Trinajstić information content (AvgIpc) is 3.66. The van der Waals surface area contributed by atoms with Crippen molar-refractivity contribution in [2.75, 3.05) is 31.2 Å². The van der Waals surface area contributed by atoms with Crippen LogP contribution in [0.2, 0.25) is 0 Å². The number of fused-ring (bicyclic) bond motifs is 1. The molecule has 214 valence electrons. The highest BCUT2D eigenvalue weighted by Crippen LogP contribution is 2.35. The minimum absolute atomic E-state index is 0.199. The summed E-state index contributed by atoms with van der Waals surface area (Å²) in [7, 11) is 0. The van der Waals surface area contributed by atoms with Gasteiger partial charge >= 0.3 is 5.97 Å². The summed E-state index contributed by atoms with van der Waals surface area (Å²) in [4.78, 5) is 35.5. The van der Waals surface area contributed by atoms with Crippen molar-refractivity contribution in [2.24, 2.45) is 4.99 Å². The Labute approximate surface area is 248 Å². The fraction of sp³-hybridized carbons (Fsp3) is 0.265. The molecule has 4 aromatic rings. The van der Waals surface area contributed by atoms with Crippen molar-refractivity contribution < 1.29 is 14.3 Å². The topological polar surface area (TPSA) is 73.1 Å². The second-order valence-corrected chi connectivity index (χ2v) is 11.2. The summed E-state index contributed by atoms with van der Waals surface area (Å²) in [6.07, 6.45) is 4.34. The van der Waals surface area contributed by atoms with Crippen LogP contribution in [0.1, 0.15) is 49.4 Å². The number of ether oxygens (including phenoxy) is 2. The fourth-order valence-electron chi connectivity index (χ4n) is 5.58. The van der Waals surface area contributed by atoms with Gasteiger partial charge in [0, 0.05) is 24.3 Å². The summed E-state index contributed by atoms with van der Waals surface area (Å²) in [6.45, 7) is 6.61. The quantitative estimate of drug-likeness (QED) is 0.277. The van der Waals surface area contributed by atoms with Gasteiger partial charge in [0.25, 0.3) is 5.56 Å². The van der Waals surface area contributed by atoms with Gasteiger partial charge in [0.15, 0.2) is 4.80 Å². The zero-order valence-electron chi connectivity index (χ0n) is 23.8. The minimum atomic E-state index is -0.717. The number of esters is 1. The molecule has 0 amide bonds. The molecule has 7 nitrogen and oxygen atoms in total. The van der Waals surface area contributed by atoms with Crippen LogP contribution >= 0.6 is 11.3 Å². The number of nitrogens with zero attached hydrogens (tertiary/aromatic N) is 3. The Morgan fingerprint density at radius 1 is 0.952 bits per heavy atom. The lowest BCUT2D eigenvalue weighted by Crippen LogP contribution is -2.40. The number of thiazole rings is 1. The van der Waals surface area contributed by atoms with Crippen LogP contribution in [0.4, 0.5) is 5.69 Å². The van der Waals surface area contributed by atoms with Gasteiger partial charge in [-0.1, -0.05) is 65.9 Å². The van der Waals surface area contributed by atoms with Gasteiger partial charge < -0.3 is 14.4 Å². The van der Waals surface area contributed by atoms with Gasteiger partial charge in [0.05, 0.1) is 35.1 Å². The van der Waals surface area contributed by atoms with Crippen LogP contribution < -0.4 is 24.5 Å². The third kappa shape index (κ3) is 5.42. The Kier molecular flexibility index (Phi) is 8.06. The predicted molar refractivity (Wildman–Crippen MR) is 167 cm³/mol. The molecule has 1 atom stereocenters. The maximum absolute atomic E-state index is 14.1. The summed E-state index contributed by atoms with van der Waals surface area (Å²) in [5.41, 5.74) is 4.34. The van der Waals surface area contributed by atoms with Crippen LogP contribution in [-0.2, 0) is 9.53 Å². The Morgan fingerprint density at radius 2 is 1.67 bits per heavy atom. The van der Waals surface area contributed by atoms with Crippen LogP contribution in [0, 0.1) is 0 Å². The van der Waals surface area contributed by atoms with E-state index in [9.17, 15) is 9.59 Å². The second-order valence-electron chi connectivity index (χ2n) is 10.2. The van der Waals surface area contributed by atoms with E-state index in [0.717, 1.165) is 35.5 Å². The molecule has 8 heteroatoms. The molecule has 6 rings (SSSR count). The van der Waals surface area contributed by atoms with Crippen molar-refractivity contribution in [3.05, 3.63) is 121 Å². The number of carbonyl (C=O) groups is 1. The number of anilines is 1. The number of carbonyl (C=O) groups excluding carboxylic acids is 1. The smallest absolute Gasteiger partial charge is 0.338 e. The molecule has 3 aromatic carbocycles. The van der Waals surface area contributed by atoms with Crippen LogP contribution in [0.25, 0.3) is 11.8 Å². The molecular weight excluding hydrogens is 546 g/mol. The van der Waals surface area contributed by atoms with Crippen LogP contribution in [-0.4, -0.2) is 36.8 Å². The minimum Gasteiger partial charge on any atom is -0.494 e. The summed E-state index contributed by atoms with van der Waals surface area (Å²) < 4.78 is 13.4. The largest absolute Gasteiger partial charge is 0.494 e. The van der Waals surface area contributed by atoms with E-state index in [2.05, 4.69) is 29.2 Å². The predicted octanol–water partition coefficient (Wildman–Crippen LogP) is 4.93. The first-order valence-corrected chi connectivity index (χ1v) is 15.2. The highest BCUT2D eigenvalue weighted by atomic mass is 32.1. The molecule has 0 saturated carbocycles. The molecule has 0 bridgehead atoms. The van der Waals surface area contributed by atoms with Crippen LogP contribution in [0.15, 0.2) is 94.2 Å². The van der Waals surface area contributed by atoms with E-state index in [1.165, 1.54) is 29.9 Å². The van der Waals surface area contributed by atoms with E-state index in [4.69, 9.17) is 14.5 Å². The lowest BCUT2D eigenvalue weighted by Gasteiger charge is -2.26. The normalized spacial score (nSPS) is 16.8. The first-order chi connectivity index (χ1) is 20.6. The van der Waals surface area contributed by atoms with Gasteiger partial charge in [-0.05, 0) is 68.2 Å². The van der Waals surface area contributed by atoms with Crippen LogP contribution in [0.5, 0.6) is 5.75 Å². The lowest BCUT2D eigenvalue weighted by molar-refractivity contribution is -0.138. The zero-order valence-corrected chi connectivity index (χ0v) is 24.6. The van der Waals surface area contributed by atoms with Crippen molar-refractivity contribution in [2.45, 2.75) is 32.7 Å². The van der Waals surface area contributed by atoms with Crippen molar-refractivity contribution in [3.8, 4) is 5.75 Å². The van der Waals surface area contributed by atoms with E-state index >= 15 is 0 Å². The Morgan fingerprint density at radius 3 is 2.33 bits per heavy atom. The van der Waals surface area contributed by atoms with E-state index < -0.39 is 12.0 Å². The molecule has 1 aromatic heterocycles. The number of benzene rings is 3. The number of rotatable bonds is 8. The van der Waals surface area contributed by atoms with Crippen molar-refractivity contribution in [1.82, 2.24) is 4.57 Å². The maximum atomic E-state index is 14.1. The molecule has 0 spiro atoms. The fourth-order valence-corrected chi connectivity index (χ4v) is 6.58. The summed E-state index contributed by atoms with van der Waals surface area (Å²) in [5, 5.41) is 0. The molecule has 2 aliphatic heterocycles. The molecule has 1 fully saturated rings. The number of aromatic nitrogens is 1. The van der Waals surface area contributed by atoms with Gasteiger partial charge in [0.1, 0.15) is 5.75 Å². The van der Waals surface area contributed by atoms with Crippen molar-refractivity contribution >= 4 is 34.8 Å². The van der Waals surface area contributed by atoms with E-state index in [1.807, 2.05) is 67.6 Å². The molecule has 0 unspecified atom stereocenters. The Hall–Kier alpha value is -4.43. The van der Waals surface area contributed by atoms with E-state index in [1.54, 1.807) is 11.5 Å². The molecule has 0 aliphatic carbocycles. The first kappa shape index (κ1) is 27.7. The van der Waals surface area contributed by atoms with Crippen LogP contribution in [0.3, 0.4) is 0 Å². The Balaban J connectivity index is 1.53. The van der Waals surface area contributed by atoms with E-state index in [0.29, 0.717) is 27.2 Å². The molecule has 3 heterocycles. The van der Waals surface area contributed by atoms with Gasteiger partial charge in [-0.25, -0.2) is 9.79 Å². The van der Waals surface area contributed by atoms with Gasteiger partial charge in [-0.15, -0.1) is 0 Å². The number of hydrogen-bond donors (Lipinski definition) is 0. The van der Waals surface area contributed by atoms with Crippen molar-refractivity contribution in [3.63, 3.8) is 0 Å². The molecule has 0 N–H and O–H groups in total. The van der Waals surface area contributed by atoms with Gasteiger partial charge in [-0.3, -0.25) is 9.36 Å². The van der Waals surface area contributed by atoms with Crippen molar-refractivity contribution in [1.29, 1.82) is 0 Å². The summed E-state index contributed by atoms with van der Waals surface area (Å²) >= 11 is 1.33. The second kappa shape index (κ2) is 12.2. The number of hydrogen-bond acceptors (Lipinski definition) is 7. The van der Waals surface area contributed by atoms with Gasteiger partial charge in [-0.2, -0.15) is 0 Å².